The zero-order chi connectivity index (χ0) is 32.8. The van der Waals surface area contributed by atoms with Crippen molar-refractivity contribution in [1.29, 1.82) is 0 Å². The van der Waals surface area contributed by atoms with E-state index in [1.54, 1.807) is 0 Å². The molecule has 0 spiro atoms. The number of benzene rings is 8. The Balaban J connectivity index is 1.41. The van der Waals surface area contributed by atoms with Crippen LogP contribution in [0.15, 0.2) is 158 Å². The summed E-state index contributed by atoms with van der Waals surface area (Å²) >= 11 is 0. The van der Waals surface area contributed by atoms with Crippen LogP contribution in [0.5, 0.6) is 0 Å². The van der Waals surface area contributed by atoms with Crippen molar-refractivity contribution in [3.63, 3.8) is 0 Å². The van der Waals surface area contributed by atoms with Crippen molar-refractivity contribution in [2.75, 3.05) is 9.80 Å². The van der Waals surface area contributed by atoms with Gasteiger partial charge in [0.05, 0.1) is 31.7 Å². The maximum absolute atomic E-state index is 7.98. The minimum Gasteiger partial charge on any atom is -0.320 e. The molecule has 48 heavy (non-hydrogen) atoms. The van der Waals surface area contributed by atoms with E-state index < -0.39 is 8.07 Å². The predicted octanol–water partition coefficient (Wildman–Crippen LogP) is 12.6. The summed E-state index contributed by atoms with van der Waals surface area (Å²) in [6, 6.07) is 56.1. The van der Waals surface area contributed by atoms with Gasteiger partial charge in [0.1, 0.15) is 0 Å². The second kappa shape index (κ2) is 11.7. The van der Waals surface area contributed by atoms with Crippen LogP contribution in [0.4, 0.5) is 39.8 Å². The largest absolute Gasteiger partial charge is 0.320 e. The summed E-state index contributed by atoms with van der Waals surface area (Å²) in [6.07, 6.45) is 0. The number of nitrogens with zero attached hydrogens (tertiary/aromatic N) is 3. The fraction of sp³-hybridized carbons (Fsp3) is 0.0682. The molecule has 0 N–H and O–H groups in total. The van der Waals surface area contributed by atoms with Gasteiger partial charge >= 0.3 is 0 Å². The summed E-state index contributed by atoms with van der Waals surface area (Å²) in [5.74, 6) is 0. The van der Waals surface area contributed by atoms with Crippen LogP contribution >= 0.6 is 0 Å². The van der Waals surface area contributed by atoms with E-state index >= 15 is 0 Å². The molecular weight excluding hydrogens is 599 g/mol. The summed E-state index contributed by atoms with van der Waals surface area (Å²) in [6.45, 7) is 15.2. The van der Waals surface area contributed by atoms with Crippen molar-refractivity contribution >= 4 is 85.4 Å². The van der Waals surface area contributed by atoms with E-state index in [9.17, 15) is 0 Å². The molecule has 0 saturated heterocycles. The van der Waals surface area contributed by atoms with E-state index in [1.807, 2.05) is 30.3 Å². The normalized spacial score (nSPS) is 11.6. The summed E-state index contributed by atoms with van der Waals surface area (Å²) < 4.78 is 0. The highest BCUT2D eigenvalue weighted by molar-refractivity contribution is 6.88. The maximum atomic E-state index is 7.98. The minimum atomic E-state index is -1.55. The Hall–Kier alpha value is -5.89. The van der Waals surface area contributed by atoms with Crippen LogP contribution in [0.2, 0.25) is 19.6 Å². The second-order valence-electron chi connectivity index (χ2n) is 13.3. The lowest BCUT2D eigenvalue weighted by Gasteiger charge is -2.30. The Kier molecular flexibility index (Phi) is 7.21. The van der Waals surface area contributed by atoms with Crippen LogP contribution < -0.4 is 15.0 Å². The molecule has 0 heterocycles. The van der Waals surface area contributed by atoms with Crippen molar-refractivity contribution < 1.29 is 0 Å². The van der Waals surface area contributed by atoms with Crippen molar-refractivity contribution in [3.8, 4) is 0 Å². The zero-order valence-electron chi connectivity index (χ0n) is 27.4. The summed E-state index contributed by atoms with van der Waals surface area (Å²) in [4.78, 5) is 8.57. The van der Waals surface area contributed by atoms with E-state index in [2.05, 4.69) is 162 Å². The first kappa shape index (κ1) is 29.5. The molecule has 0 atom stereocenters. The quantitative estimate of drug-likeness (QED) is 0.0982. The lowest BCUT2D eigenvalue weighted by molar-refractivity contribution is 1.30. The number of hydrogen-bond donors (Lipinski definition) is 0. The molecule has 8 rings (SSSR count). The number of rotatable bonds is 7. The average Bonchev–Trinajstić information content (AvgIpc) is 3.12. The molecular formula is C44H35N3Si. The van der Waals surface area contributed by atoms with Crippen LogP contribution in [0, 0.1) is 6.57 Å². The molecule has 0 bridgehead atoms. The first-order valence-electron chi connectivity index (χ1n) is 16.4. The zero-order valence-corrected chi connectivity index (χ0v) is 28.4. The molecule has 0 aliphatic heterocycles. The molecule has 0 saturated carbocycles. The fourth-order valence-electron chi connectivity index (χ4n) is 7.01. The van der Waals surface area contributed by atoms with Gasteiger partial charge in [-0.25, -0.2) is 4.85 Å². The third-order valence-electron chi connectivity index (χ3n) is 9.34. The minimum absolute atomic E-state index is 0.619. The van der Waals surface area contributed by atoms with Crippen LogP contribution in [0.1, 0.15) is 0 Å². The predicted molar refractivity (Wildman–Crippen MR) is 209 cm³/mol. The van der Waals surface area contributed by atoms with Crippen LogP contribution in [-0.4, -0.2) is 8.07 Å². The SMILES string of the molecule is [C-]#[N+]c1ccccc1N(c1ccccc1)c1ccc2ccc3c(N(c4ccccc4)c4cccc([Si](C)(C)C)c4)ccc4ccc1c2c43. The Morgan fingerprint density at radius 2 is 0.958 bits per heavy atom. The molecule has 0 radical (unpaired) electrons. The Bertz CT molecular complexity index is 2460. The third kappa shape index (κ3) is 4.97. The van der Waals surface area contributed by atoms with E-state index in [4.69, 9.17) is 6.57 Å². The molecule has 0 unspecified atom stereocenters. The van der Waals surface area contributed by atoms with Crippen molar-refractivity contribution in [2.45, 2.75) is 19.6 Å². The number of hydrogen-bond acceptors (Lipinski definition) is 2. The summed E-state index contributed by atoms with van der Waals surface area (Å²) in [7, 11) is -1.55. The van der Waals surface area contributed by atoms with Crippen LogP contribution in [-0.2, 0) is 0 Å². The molecule has 0 aromatic heterocycles. The maximum Gasteiger partial charge on any atom is 0.210 e. The lowest BCUT2D eigenvalue weighted by Crippen LogP contribution is -2.37. The smallest absolute Gasteiger partial charge is 0.210 e. The first-order chi connectivity index (χ1) is 23.4. The van der Waals surface area contributed by atoms with Crippen LogP contribution in [0.25, 0.3) is 37.2 Å². The highest BCUT2D eigenvalue weighted by atomic mass is 28.3. The van der Waals surface area contributed by atoms with Crippen molar-refractivity contribution in [1.82, 2.24) is 0 Å². The molecule has 0 aliphatic rings. The molecule has 230 valence electrons. The van der Waals surface area contributed by atoms with Gasteiger partial charge in [0, 0.05) is 27.8 Å². The molecule has 4 heteroatoms. The topological polar surface area (TPSA) is 10.8 Å². The Morgan fingerprint density at radius 3 is 1.54 bits per heavy atom. The van der Waals surface area contributed by atoms with Gasteiger partial charge in [-0.1, -0.05) is 128 Å². The van der Waals surface area contributed by atoms with Gasteiger partial charge in [-0.05, 0) is 76.1 Å². The highest BCUT2D eigenvalue weighted by Gasteiger charge is 2.23. The average molecular weight is 634 g/mol. The van der Waals surface area contributed by atoms with Gasteiger partial charge in [0.25, 0.3) is 0 Å². The lowest BCUT2D eigenvalue weighted by atomic mass is 9.91. The van der Waals surface area contributed by atoms with Gasteiger partial charge < -0.3 is 9.80 Å². The number of anilines is 6. The van der Waals surface area contributed by atoms with E-state index in [1.165, 1.54) is 37.8 Å². The summed E-state index contributed by atoms with van der Waals surface area (Å²) in [5, 5.41) is 8.68. The molecule has 0 amide bonds. The molecule has 3 nitrogen and oxygen atoms in total. The molecule has 0 aliphatic carbocycles. The van der Waals surface area contributed by atoms with Gasteiger partial charge in [0.2, 0.25) is 5.69 Å². The Morgan fingerprint density at radius 1 is 0.458 bits per heavy atom. The third-order valence-corrected chi connectivity index (χ3v) is 11.4. The summed E-state index contributed by atoms with van der Waals surface area (Å²) in [5.41, 5.74) is 7.00. The monoisotopic (exact) mass is 633 g/mol. The standard InChI is InChI=1S/C44H35N3Si/c1-45-39-20-11-12-21-42(39)47(34-16-9-6-10-17-34)41-29-25-32-22-26-37-40(28-24-31-23-27-38(41)44(32)43(31)37)46(33-14-7-5-8-15-33)35-18-13-19-36(30-35)48(2,3)4/h5-30H,2-4H3. The molecule has 0 fully saturated rings. The van der Waals surface area contributed by atoms with E-state index in [0.717, 1.165) is 33.8 Å². The van der Waals surface area contributed by atoms with Crippen molar-refractivity contribution in [3.05, 3.63) is 169 Å². The molecule has 8 aromatic carbocycles. The van der Waals surface area contributed by atoms with Gasteiger partial charge in [-0.3, -0.25) is 0 Å². The first-order valence-corrected chi connectivity index (χ1v) is 19.9. The Labute approximate surface area is 283 Å². The molecule has 8 aromatic rings. The number of para-hydroxylation sites is 4. The second-order valence-corrected chi connectivity index (χ2v) is 18.4. The van der Waals surface area contributed by atoms with E-state index in [-0.39, 0.29) is 0 Å². The van der Waals surface area contributed by atoms with Gasteiger partial charge in [0.15, 0.2) is 0 Å². The van der Waals surface area contributed by atoms with Gasteiger partial charge in [-0.15, -0.1) is 0 Å². The fourth-order valence-corrected chi connectivity index (χ4v) is 8.19. The van der Waals surface area contributed by atoms with Crippen LogP contribution in [0.3, 0.4) is 0 Å². The van der Waals surface area contributed by atoms with E-state index in [0.29, 0.717) is 5.69 Å². The van der Waals surface area contributed by atoms with Crippen molar-refractivity contribution in [2.24, 2.45) is 0 Å². The van der Waals surface area contributed by atoms with Gasteiger partial charge in [-0.2, -0.15) is 0 Å². The highest BCUT2D eigenvalue weighted by Crippen LogP contribution is 2.48.